The maximum Gasteiger partial charge on any atom is 0.377 e. The van der Waals surface area contributed by atoms with Crippen LogP contribution in [0.1, 0.15) is 17.3 Å². The number of carbonyl (C=O) groups is 2. The van der Waals surface area contributed by atoms with E-state index in [-0.39, 0.29) is 22.1 Å². The Labute approximate surface area is 120 Å². The highest BCUT2D eigenvalue weighted by molar-refractivity contribution is 6.31. The fourth-order valence-electron chi connectivity index (χ4n) is 1.25. The molecule has 6 nitrogen and oxygen atoms in total. The summed E-state index contributed by atoms with van der Waals surface area (Å²) in [7, 11) is 1.17. The molecule has 0 spiro atoms. The van der Waals surface area contributed by atoms with Crippen molar-refractivity contribution in [1.82, 2.24) is 0 Å². The number of rotatable bonds is 6. The van der Waals surface area contributed by atoms with Gasteiger partial charge < -0.3 is 19.3 Å². The Morgan fingerprint density at radius 2 is 2.10 bits per heavy atom. The number of hydrogen-bond donors (Lipinski definition) is 1. The van der Waals surface area contributed by atoms with Crippen molar-refractivity contribution >= 4 is 23.5 Å². The van der Waals surface area contributed by atoms with Gasteiger partial charge in [-0.15, -0.1) is 0 Å². The van der Waals surface area contributed by atoms with E-state index in [1.807, 2.05) is 0 Å². The average Bonchev–Trinajstić information content (AvgIpc) is 2.43. The molecule has 0 aromatic heterocycles. The van der Waals surface area contributed by atoms with Gasteiger partial charge in [0, 0.05) is 5.02 Å². The van der Waals surface area contributed by atoms with Crippen molar-refractivity contribution in [2.45, 2.75) is 6.92 Å². The number of carbonyl (C=O) groups excluding carboxylic acids is 1. The Morgan fingerprint density at radius 3 is 2.65 bits per heavy atom. The van der Waals surface area contributed by atoms with Crippen LogP contribution in [0.3, 0.4) is 0 Å². The quantitative estimate of drug-likeness (QED) is 0.494. The molecule has 1 rings (SSSR count). The van der Waals surface area contributed by atoms with E-state index in [1.54, 1.807) is 6.92 Å². The number of hydrogen-bond acceptors (Lipinski definition) is 5. The number of carboxylic acids is 1. The van der Waals surface area contributed by atoms with E-state index in [0.29, 0.717) is 6.61 Å². The van der Waals surface area contributed by atoms with Crippen molar-refractivity contribution in [2.24, 2.45) is 0 Å². The zero-order valence-electron chi connectivity index (χ0n) is 10.9. The molecule has 0 saturated carbocycles. The Morgan fingerprint density at radius 1 is 1.40 bits per heavy atom. The van der Waals surface area contributed by atoms with Crippen LogP contribution in [-0.4, -0.2) is 30.8 Å². The van der Waals surface area contributed by atoms with E-state index in [4.69, 9.17) is 26.2 Å². The summed E-state index contributed by atoms with van der Waals surface area (Å²) in [5.74, 6) is -2.33. The molecule has 0 atom stereocenters. The molecule has 0 aliphatic carbocycles. The minimum Gasteiger partial charge on any atom is -0.497 e. The van der Waals surface area contributed by atoms with Gasteiger partial charge in [-0.05, 0) is 25.1 Å². The SMILES string of the molecule is CCO/C=C(/Oc1ccc(Cl)cc1C(=O)O)C(=O)OC. The zero-order chi connectivity index (χ0) is 15.1. The molecule has 0 radical (unpaired) electrons. The number of ether oxygens (including phenoxy) is 3. The molecule has 1 aromatic carbocycles. The van der Waals surface area contributed by atoms with Crippen LogP contribution < -0.4 is 4.74 Å². The van der Waals surface area contributed by atoms with Crippen LogP contribution in [-0.2, 0) is 14.3 Å². The first kappa shape index (κ1) is 15.8. The van der Waals surface area contributed by atoms with E-state index in [0.717, 1.165) is 6.26 Å². The second-order valence-electron chi connectivity index (χ2n) is 3.48. The Bertz CT molecular complexity index is 538. The molecule has 7 heteroatoms. The first-order valence-electron chi connectivity index (χ1n) is 5.60. The third-order valence-electron chi connectivity index (χ3n) is 2.14. The summed E-state index contributed by atoms with van der Waals surface area (Å²) in [5.41, 5.74) is -0.177. The standard InChI is InChI=1S/C13H13ClO6/c1-3-19-7-11(13(17)18-2)20-10-5-4-8(14)6-9(10)12(15)16/h4-7H,3H2,1-2H3,(H,15,16)/b11-7+. The molecule has 0 aliphatic rings. The predicted molar refractivity (Wildman–Crippen MR) is 70.8 cm³/mol. The van der Waals surface area contributed by atoms with Crippen LogP contribution in [0.2, 0.25) is 5.02 Å². The van der Waals surface area contributed by atoms with Gasteiger partial charge in [0.1, 0.15) is 17.6 Å². The van der Waals surface area contributed by atoms with Crippen LogP contribution in [0.25, 0.3) is 0 Å². The average molecular weight is 301 g/mol. The minimum atomic E-state index is -1.23. The Hall–Kier alpha value is -2.21. The number of aromatic carboxylic acids is 1. The lowest BCUT2D eigenvalue weighted by atomic mass is 10.2. The normalized spacial score (nSPS) is 10.8. The van der Waals surface area contributed by atoms with Gasteiger partial charge in [-0.3, -0.25) is 0 Å². The summed E-state index contributed by atoms with van der Waals surface area (Å²) in [4.78, 5) is 22.6. The van der Waals surface area contributed by atoms with Gasteiger partial charge in [-0.25, -0.2) is 9.59 Å². The van der Waals surface area contributed by atoms with E-state index in [2.05, 4.69) is 4.74 Å². The van der Waals surface area contributed by atoms with Crippen LogP contribution in [0.4, 0.5) is 0 Å². The number of benzene rings is 1. The summed E-state index contributed by atoms with van der Waals surface area (Å²) in [5, 5.41) is 9.31. The van der Waals surface area contributed by atoms with E-state index < -0.39 is 11.9 Å². The monoisotopic (exact) mass is 300 g/mol. The van der Waals surface area contributed by atoms with Gasteiger partial charge in [0.05, 0.1) is 13.7 Å². The molecule has 108 valence electrons. The largest absolute Gasteiger partial charge is 0.497 e. The predicted octanol–water partition coefficient (Wildman–Crippen LogP) is 2.47. The number of methoxy groups -OCH3 is 1. The van der Waals surface area contributed by atoms with Crippen LogP contribution in [0, 0.1) is 0 Å². The molecule has 0 unspecified atom stereocenters. The first-order chi connectivity index (χ1) is 9.49. The lowest BCUT2D eigenvalue weighted by Crippen LogP contribution is -2.13. The first-order valence-corrected chi connectivity index (χ1v) is 5.98. The van der Waals surface area contributed by atoms with Crippen LogP contribution >= 0.6 is 11.6 Å². The molecular weight excluding hydrogens is 288 g/mol. The molecule has 0 amide bonds. The highest BCUT2D eigenvalue weighted by Gasteiger charge is 2.18. The smallest absolute Gasteiger partial charge is 0.377 e. The summed E-state index contributed by atoms with van der Waals surface area (Å²) < 4.78 is 14.7. The molecule has 0 fully saturated rings. The van der Waals surface area contributed by atoms with E-state index >= 15 is 0 Å². The molecule has 20 heavy (non-hydrogen) atoms. The summed E-state index contributed by atoms with van der Waals surface area (Å²) >= 11 is 5.72. The third-order valence-corrected chi connectivity index (χ3v) is 2.37. The lowest BCUT2D eigenvalue weighted by molar-refractivity contribution is -0.138. The van der Waals surface area contributed by atoms with Gasteiger partial charge in [0.25, 0.3) is 0 Å². The van der Waals surface area contributed by atoms with Crippen molar-refractivity contribution in [3.05, 3.63) is 40.8 Å². The van der Waals surface area contributed by atoms with Gasteiger partial charge in [0.2, 0.25) is 5.76 Å². The molecule has 0 saturated heterocycles. The fraction of sp³-hybridized carbons (Fsp3) is 0.231. The van der Waals surface area contributed by atoms with E-state index in [1.165, 1.54) is 25.3 Å². The number of halogens is 1. The zero-order valence-corrected chi connectivity index (χ0v) is 11.6. The summed E-state index contributed by atoms with van der Waals surface area (Å²) in [6.07, 6.45) is 1.06. The summed E-state index contributed by atoms with van der Waals surface area (Å²) in [6.45, 7) is 2.03. The maximum atomic E-state index is 11.5. The maximum absolute atomic E-state index is 11.5. The van der Waals surface area contributed by atoms with Gasteiger partial charge >= 0.3 is 11.9 Å². The molecular formula is C13H13ClO6. The highest BCUT2D eigenvalue weighted by Crippen LogP contribution is 2.25. The van der Waals surface area contributed by atoms with Crippen LogP contribution in [0.15, 0.2) is 30.2 Å². The third kappa shape index (κ3) is 4.17. The van der Waals surface area contributed by atoms with Crippen LogP contribution in [0.5, 0.6) is 5.75 Å². The molecule has 1 N–H and O–H groups in total. The Balaban J connectivity index is 3.11. The van der Waals surface area contributed by atoms with Crippen molar-refractivity contribution in [3.8, 4) is 5.75 Å². The topological polar surface area (TPSA) is 82.1 Å². The van der Waals surface area contributed by atoms with Gasteiger partial charge in [-0.2, -0.15) is 0 Å². The summed E-state index contributed by atoms with van der Waals surface area (Å²) in [6, 6.07) is 4.00. The molecule has 0 heterocycles. The highest BCUT2D eigenvalue weighted by atomic mass is 35.5. The fourth-order valence-corrected chi connectivity index (χ4v) is 1.42. The van der Waals surface area contributed by atoms with Crippen molar-refractivity contribution in [2.75, 3.05) is 13.7 Å². The van der Waals surface area contributed by atoms with Crippen molar-refractivity contribution < 1.29 is 28.9 Å². The second kappa shape index (κ2) is 7.40. The molecule has 1 aromatic rings. The second-order valence-corrected chi connectivity index (χ2v) is 3.91. The number of carboxylic acid groups (broad SMARTS) is 1. The minimum absolute atomic E-state index is 0.0433. The molecule has 0 bridgehead atoms. The number of esters is 1. The van der Waals surface area contributed by atoms with Gasteiger partial charge in [-0.1, -0.05) is 11.6 Å². The van der Waals surface area contributed by atoms with Gasteiger partial charge in [0.15, 0.2) is 0 Å². The Kier molecular flexibility index (Phi) is 5.86. The molecule has 0 aliphatic heterocycles. The van der Waals surface area contributed by atoms with Crippen molar-refractivity contribution in [1.29, 1.82) is 0 Å². The van der Waals surface area contributed by atoms with Crippen molar-refractivity contribution in [3.63, 3.8) is 0 Å². The lowest BCUT2D eigenvalue weighted by Gasteiger charge is -2.10. The van der Waals surface area contributed by atoms with E-state index in [9.17, 15) is 9.59 Å².